The maximum atomic E-state index is 13.5. The first-order valence-corrected chi connectivity index (χ1v) is 14.3. The van der Waals surface area contributed by atoms with Crippen LogP contribution in [-0.4, -0.2) is 44.6 Å². The zero-order chi connectivity index (χ0) is 25.2. The van der Waals surface area contributed by atoms with E-state index in [0.29, 0.717) is 23.5 Å². The molecule has 0 bridgehead atoms. The Labute approximate surface area is 222 Å². The Morgan fingerprint density at radius 1 is 1.19 bits per heavy atom. The molecule has 1 N–H and O–H groups in total. The lowest BCUT2D eigenvalue weighted by Crippen LogP contribution is -2.31. The predicted octanol–water partition coefficient (Wildman–Crippen LogP) is 5.62. The van der Waals surface area contributed by atoms with Crippen molar-refractivity contribution in [2.75, 3.05) is 28.3 Å². The van der Waals surface area contributed by atoms with Gasteiger partial charge in [0.15, 0.2) is 5.13 Å². The molecule has 0 radical (unpaired) electrons. The number of ether oxygens (including phenoxy) is 1. The van der Waals surface area contributed by atoms with Crippen molar-refractivity contribution in [1.82, 2.24) is 14.5 Å². The number of thioether (sulfide) groups is 1. The van der Waals surface area contributed by atoms with Crippen LogP contribution in [0.5, 0.6) is 5.75 Å². The van der Waals surface area contributed by atoms with E-state index in [2.05, 4.69) is 39.5 Å². The highest BCUT2D eigenvalue weighted by molar-refractivity contribution is 8.00. The topological polar surface area (TPSA) is 72.3 Å². The number of carbonyl (C=O) groups is 1. The summed E-state index contributed by atoms with van der Waals surface area (Å²) in [7, 11) is 0. The monoisotopic (exact) mass is 535 g/mol. The van der Waals surface area contributed by atoms with Gasteiger partial charge in [-0.3, -0.25) is 10.1 Å². The molecule has 1 aromatic carbocycles. The Morgan fingerprint density at radius 2 is 2.05 bits per heavy atom. The van der Waals surface area contributed by atoms with Crippen LogP contribution in [0.4, 0.5) is 15.2 Å². The van der Waals surface area contributed by atoms with E-state index in [1.807, 2.05) is 17.1 Å². The minimum atomic E-state index is -0.538. The van der Waals surface area contributed by atoms with Crippen LogP contribution in [-0.2, 0) is 6.54 Å². The van der Waals surface area contributed by atoms with Crippen molar-refractivity contribution in [2.24, 2.45) is 0 Å². The number of hydrogen-bond acceptors (Lipinski definition) is 7. The van der Waals surface area contributed by atoms with Crippen molar-refractivity contribution in [2.45, 2.75) is 31.5 Å². The summed E-state index contributed by atoms with van der Waals surface area (Å²) in [5.74, 6) is 2.26. The number of aromatic nitrogens is 3. The first-order chi connectivity index (χ1) is 18.1. The highest BCUT2D eigenvalue weighted by atomic mass is 32.2. The summed E-state index contributed by atoms with van der Waals surface area (Å²) in [4.78, 5) is 23.8. The second-order valence-corrected chi connectivity index (χ2v) is 11.1. The zero-order valence-electron chi connectivity index (χ0n) is 20.0. The van der Waals surface area contributed by atoms with Crippen molar-refractivity contribution in [1.29, 1.82) is 0 Å². The van der Waals surface area contributed by atoms with Crippen LogP contribution in [0.1, 0.15) is 40.6 Å². The predicted molar refractivity (Wildman–Crippen MR) is 145 cm³/mol. The molecule has 2 fully saturated rings. The number of pyridine rings is 1. The molecule has 10 heteroatoms. The van der Waals surface area contributed by atoms with Crippen LogP contribution in [0.2, 0.25) is 0 Å². The van der Waals surface area contributed by atoms with Crippen LogP contribution in [0.15, 0.2) is 66.3 Å². The van der Waals surface area contributed by atoms with Crippen molar-refractivity contribution >= 4 is 39.8 Å². The van der Waals surface area contributed by atoms with Gasteiger partial charge in [-0.25, -0.2) is 9.97 Å². The van der Waals surface area contributed by atoms with E-state index in [-0.39, 0.29) is 11.9 Å². The highest BCUT2D eigenvalue weighted by Crippen LogP contribution is 2.38. The fourth-order valence-electron chi connectivity index (χ4n) is 4.73. The summed E-state index contributed by atoms with van der Waals surface area (Å²) < 4.78 is 21.2. The minimum absolute atomic E-state index is 0.169. The number of benzene rings is 1. The fourth-order valence-corrected chi connectivity index (χ4v) is 6.04. The van der Waals surface area contributed by atoms with Gasteiger partial charge in [-0.1, -0.05) is 0 Å². The number of nitrogens with one attached hydrogen (secondary N) is 1. The third-order valence-electron chi connectivity index (χ3n) is 6.62. The van der Waals surface area contributed by atoms with Gasteiger partial charge in [-0.15, -0.1) is 11.3 Å². The summed E-state index contributed by atoms with van der Waals surface area (Å²) in [5.41, 5.74) is 3.34. The summed E-state index contributed by atoms with van der Waals surface area (Å²) in [6.45, 7) is 1.34. The fraction of sp³-hybridized carbons (Fsp3) is 0.296. The van der Waals surface area contributed by atoms with E-state index in [9.17, 15) is 9.18 Å². The molecule has 2 aliphatic rings. The SMILES string of the molecule is O=C(Nc1nc([C@H]2CCCN2c2ccc(OC3CSC3)cc2)cs1)c1cccn1Cc1ccnc(F)c1. The van der Waals surface area contributed by atoms with Gasteiger partial charge in [0.1, 0.15) is 17.5 Å². The third kappa shape index (κ3) is 5.35. The molecule has 37 heavy (non-hydrogen) atoms. The van der Waals surface area contributed by atoms with E-state index >= 15 is 0 Å². The number of nitrogens with zero attached hydrogens (tertiary/aromatic N) is 4. The van der Waals surface area contributed by atoms with E-state index in [1.54, 1.807) is 29.0 Å². The van der Waals surface area contributed by atoms with Gasteiger partial charge < -0.3 is 14.2 Å². The lowest BCUT2D eigenvalue weighted by Gasteiger charge is -2.27. The van der Waals surface area contributed by atoms with Gasteiger partial charge in [-0.2, -0.15) is 16.2 Å². The number of amides is 1. The van der Waals surface area contributed by atoms with Crippen molar-refractivity contribution in [3.63, 3.8) is 0 Å². The molecule has 2 aliphatic heterocycles. The number of halogens is 1. The third-order valence-corrected chi connectivity index (χ3v) is 8.61. The van der Waals surface area contributed by atoms with Gasteiger partial charge in [-0.05, 0) is 66.9 Å². The number of carbonyl (C=O) groups excluding carboxylic acids is 1. The Kier molecular flexibility index (Phi) is 6.84. The molecule has 0 aliphatic carbocycles. The Hall–Kier alpha value is -3.37. The summed E-state index contributed by atoms with van der Waals surface area (Å²) in [6, 6.07) is 15.2. The summed E-state index contributed by atoms with van der Waals surface area (Å²) in [6.07, 6.45) is 5.66. The molecule has 0 unspecified atom stereocenters. The molecule has 5 heterocycles. The van der Waals surface area contributed by atoms with E-state index in [1.165, 1.54) is 23.6 Å². The second kappa shape index (κ2) is 10.5. The van der Waals surface area contributed by atoms with E-state index < -0.39 is 5.95 Å². The maximum absolute atomic E-state index is 13.5. The van der Waals surface area contributed by atoms with Gasteiger partial charge in [0.05, 0.1) is 11.7 Å². The second-order valence-electron chi connectivity index (χ2n) is 9.16. The molecule has 1 amide bonds. The van der Waals surface area contributed by atoms with E-state index in [4.69, 9.17) is 9.72 Å². The number of hydrogen-bond donors (Lipinski definition) is 1. The normalized spacial score (nSPS) is 17.5. The minimum Gasteiger partial charge on any atom is -0.489 e. The van der Waals surface area contributed by atoms with E-state index in [0.717, 1.165) is 53.6 Å². The zero-order valence-corrected chi connectivity index (χ0v) is 21.7. The highest BCUT2D eigenvalue weighted by Gasteiger charge is 2.29. The molecule has 4 aromatic rings. The lowest BCUT2D eigenvalue weighted by atomic mass is 10.1. The van der Waals surface area contributed by atoms with Gasteiger partial charge >= 0.3 is 0 Å². The molecule has 190 valence electrons. The average Bonchev–Trinajstić information content (AvgIpc) is 3.63. The standard InChI is InChI=1S/C27H26FN5O2S2/c28-25-13-18(9-10-29-25)14-32-11-1-4-24(32)26(34)31-27-30-22(17-37-27)23-3-2-12-33(23)19-5-7-20(8-6-19)35-21-15-36-16-21/h1,4-11,13,17,21,23H,2-3,12,14-16H2,(H,30,31,34)/t23-/m1/s1. The van der Waals surface area contributed by atoms with Gasteiger partial charge in [0.2, 0.25) is 5.95 Å². The van der Waals surface area contributed by atoms with Crippen LogP contribution < -0.4 is 15.0 Å². The van der Waals surface area contributed by atoms with Gasteiger partial charge in [0, 0.05) is 48.1 Å². The van der Waals surface area contributed by atoms with Crippen LogP contribution in [0.3, 0.4) is 0 Å². The number of anilines is 2. The van der Waals surface area contributed by atoms with Crippen molar-refractivity contribution < 1.29 is 13.9 Å². The quantitative estimate of drug-likeness (QED) is 0.296. The van der Waals surface area contributed by atoms with Crippen molar-refractivity contribution in [3.05, 3.63) is 89.2 Å². The lowest BCUT2D eigenvalue weighted by molar-refractivity contribution is 0.101. The smallest absolute Gasteiger partial charge is 0.274 e. The molecule has 3 aromatic heterocycles. The first-order valence-electron chi connectivity index (χ1n) is 12.3. The first kappa shape index (κ1) is 24.0. The summed E-state index contributed by atoms with van der Waals surface area (Å²) in [5, 5.41) is 5.54. The molecule has 1 atom stereocenters. The number of thiazole rings is 1. The van der Waals surface area contributed by atoms with Gasteiger partial charge in [0.25, 0.3) is 5.91 Å². The maximum Gasteiger partial charge on any atom is 0.274 e. The summed E-state index contributed by atoms with van der Waals surface area (Å²) >= 11 is 3.34. The number of rotatable bonds is 8. The molecule has 6 rings (SSSR count). The van der Waals surface area contributed by atoms with Crippen LogP contribution in [0, 0.1) is 5.95 Å². The van der Waals surface area contributed by atoms with Crippen LogP contribution in [0.25, 0.3) is 0 Å². The Morgan fingerprint density at radius 3 is 2.84 bits per heavy atom. The molecule has 0 saturated carbocycles. The Balaban J connectivity index is 1.12. The molecule has 7 nitrogen and oxygen atoms in total. The molecule has 0 spiro atoms. The largest absolute Gasteiger partial charge is 0.489 e. The average molecular weight is 536 g/mol. The molecular weight excluding hydrogens is 509 g/mol. The molecule has 2 saturated heterocycles. The van der Waals surface area contributed by atoms with Crippen molar-refractivity contribution in [3.8, 4) is 5.75 Å². The Bertz CT molecular complexity index is 1390. The van der Waals surface area contributed by atoms with Crippen LogP contribution >= 0.6 is 23.1 Å². The molecular formula is C27H26FN5O2S2.